The largest absolute Gasteiger partial charge is 0.493 e. The Bertz CT molecular complexity index is 718. The van der Waals surface area contributed by atoms with Crippen molar-refractivity contribution in [2.24, 2.45) is 0 Å². The van der Waals surface area contributed by atoms with Crippen LogP contribution in [0.5, 0.6) is 11.5 Å². The number of nitrogens with zero attached hydrogens (tertiary/aromatic N) is 1. The van der Waals surface area contributed by atoms with Gasteiger partial charge in [-0.25, -0.2) is 0 Å². The summed E-state index contributed by atoms with van der Waals surface area (Å²) in [5, 5.41) is 0. The zero-order valence-electron chi connectivity index (χ0n) is 14.9. The first-order valence-corrected chi connectivity index (χ1v) is 8.88. The van der Waals surface area contributed by atoms with E-state index in [2.05, 4.69) is 17.0 Å². The molecule has 0 saturated carbocycles. The van der Waals surface area contributed by atoms with Crippen molar-refractivity contribution in [2.45, 2.75) is 31.4 Å². The SMILES string of the molecule is COc1cc2c(cc1OC)C1(CCN(Cc3ccco3)CC1)OCC2. The van der Waals surface area contributed by atoms with E-state index in [1.165, 1.54) is 11.1 Å². The monoisotopic (exact) mass is 343 g/mol. The first kappa shape index (κ1) is 16.5. The number of hydrogen-bond acceptors (Lipinski definition) is 5. The first-order chi connectivity index (χ1) is 12.2. The molecule has 0 unspecified atom stereocenters. The summed E-state index contributed by atoms with van der Waals surface area (Å²) in [7, 11) is 3.37. The molecule has 0 aliphatic carbocycles. The van der Waals surface area contributed by atoms with Gasteiger partial charge in [0.25, 0.3) is 0 Å². The zero-order valence-corrected chi connectivity index (χ0v) is 14.9. The number of furan rings is 1. The average Bonchev–Trinajstić information content (AvgIpc) is 3.16. The van der Waals surface area contributed by atoms with Gasteiger partial charge in [0.1, 0.15) is 5.76 Å². The molecule has 0 radical (unpaired) electrons. The summed E-state index contributed by atoms with van der Waals surface area (Å²) in [6.07, 6.45) is 4.63. The van der Waals surface area contributed by atoms with Gasteiger partial charge < -0.3 is 18.6 Å². The minimum absolute atomic E-state index is 0.202. The molecule has 1 aromatic heterocycles. The number of rotatable bonds is 4. The van der Waals surface area contributed by atoms with Crippen LogP contribution in [0.1, 0.15) is 29.7 Å². The van der Waals surface area contributed by atoms with E-state index in [0.29, 0.717) is 0 Å². The van der Waals surface area contributed by atoms with Crippen LogP contribution in [0, 0.1) is 0 Å². The van der Waals surface area contributed by atoms with Crippen molar-refractivity contribution in [1.82, 2.24) is 4.90 Å². The zero-order chi connectivity index (χ0) is 17.3. The maximum absolute atomic E-state index is 6.34. The van der Waals surface area contributed by atoms with Crippen molar-refractivity contribution < 1.29 is 18.6 Å². The second kappa shape index (κ2) is 6.73. The molecule has 1 fully saturated rings. The van der Waals surface area contributed by atoms with Crippen molar-refractivity contribution >= 4 is 0 Å². The highest BCUT2D eigenvalue weighted by Gasteiger charge is 2.41. The lowest BCUT2D eigenvalue weighted by atomic mass is 9.79. The summed E-state index contributed by atoms with van der Waals surface area (Å²) >= 11 is 0. The van der Waals surface area contributed by atoms with Gasteiger partial charge in [0, 0.05) is 13.1 Å². The lowest BCUT2D eigenvalue weighted by Crippen LogP contribution is -2.46. The summed E-state index contributed by atoms with van der Waals surface area (Å²) in [6, 6.07) is 8.22. The Balaban J connectivity index is 1.56. The molecule has 1 aromatic carbocycles. The molecule has 1 saturated heterocycles. The van der Waals surface area contributed by atoms with Gasteiger partial charge in [0.2, 0.25) is 0 Å². The number of piperidine rings is 1. The molecule has 5 nitrogen and oxygen atoms in total. The maximum atomic E-state index is 6.34. The molecule has 1 spiro atoms. The third-order valence-electron chi connectivity index (χ3n) is 5.47. The molecule has 2 aromatic rings. The first-order valence-electron chi connectivity index (χ1n) is 8.88. The Kier molecular flexibility index (Phi) is 4.44. The smallest absolute Gasteiger partial charge is 0.161 e. The topological polar surface area (TPSA) is 44.1 Å². The van der Waals surface area contributed by atoms with Crippen molar-refractivity contribution in [3.8, 4) is 11.5 Å². The Morgan fingerprint density at radius 1 is 1.12 bits per heavy atom. The van der Waals surface area contributed by atoms with E-state index < -0.39 is 0 Å². The van der Waals surface area contributed by atoms with Crippen molar-refractivity contribution in [2.75, 3.05) is 33.9 Å². The Labute approximate surface area is 148 Å². The fraction of sp³-hybridized carbons (Fsp3) is 0.500. The number of methoxy groups -OCH3 is 2. The van der Waals surface area contributed by atoms with E-state index in [4.69, 9.17) is 18.6 Å². The lowest BCUT2D eigenvalue weighted by molar-refractivity contribution is -0.0995. The minimum Gasteiger partial charge on any atom is -0.493 e. The normalized spacial score (nSPS) is 19.6. The quantitative estimate of drug-likeness (QED) is 0.852. The second-order valence-electron chi connectivity index (χ2n) is 6.81. The van der Waals surface area contributed by atoms with Crippen LogP contribution in [0.4, 0.5) is 0 Å². The molecule has 0 bridgehead atoms. The molecule has 2 aliphatic heterocycles. The van der Waals surface area contributed by atoms with Crippen LogP contribution in [0.15, 0.2) is 34.9 Å². The van der Waals surface area contributed by atoms with Gasteiger partial charge in [0.05, 0.1) is 39.2 Å². The van der Waals surface area contributed by atoms with Crippen molar-refractivity contribution in [3.05, 3.63) is 47.4 Å². The van der Waals surface area contributed by atoms with Gasteiger partial charge in [-0.05, 0) is 54.7 Å². The highest BCUT2D eigenvalue weighted by Crippen LogP contribution is 2.45. The minimum atomic E-state index is -0.202. The van der Waals surface area contributed by atoms with Crippen LogP contribution < -0.4 is 9.47 Å². The van der Waals surface area contributed by atoms with E-state index in [1.54, 1.807) is 20.5 Å². The molecule has 0 N–H and O–H groups in total. The molecule has 4 rings (SSSR count). The van der Waals surface area contributed by atoms with E-state index in [1.807, 2.05) is 12.1 Å². The molecule has 0 amide bonds. The van der Waals surface area contributed by atoms with E-state index in [-0.39, 0.29) is 5.60 Å². The highest BCUT2D eigenvalue weighted by atomic mass is 16.5. The van der Waals surface area contributed by atoms with Gasteiger partial charge >= 0.3 is 0 Å². The second-order valence-corrected chi connectivity index (χ2v) is 6.81. The van der Waals surface area contributed by atoms with Crippen LogP contribution in [0.2, 0.25) is 0 Å². The molecular formula is C20H25NO4. The van der Waals surface area contributed by atoms with Gasteiger partial charge in [-0.15, -0.1) is 0 Å². The van der Waals surface area contributed by atoms with Crippen LogP contribution in [0.3, 0.4) is 0 Å². The highest BCUT2D eigenvalue weighted by molar-refractivity contribution is 5.50. The van der Waals surface area contributed by atoms with Gasteiger partial charge in [-0.1, -0.05) is 0 Å². The Hall–Kier alpha value is -1.98. The van der Waals surface area contributed by atoms with Crippen LogP contribution >= 0.6 is 0 Å². The number of benzene rings is 1. The van der Waals surface area contributed by atoms with E-state index in [9.17, 15) is 0 Å². The van der Waals surface area contributed by atoms with Gasteiger partial charge in [0.15, 0.2) is 11.5 Å². The predicted molar refractivity (Wildman–Crippen MR) is 94.1 cm³/mol. The van der Waals surface area contributed by atoms with E-state index in [0.717, 1.165) is 62.8 Å². The van der Waals surface area contributed by atoms with Gasteiger partial charge in [-0.2, -0.15) is 0 Å². The molecular weight excluding hydrogens is 318 g/mol. The Morgan fingerprint density at radius 2 is 1.88 bits per heavy atom. The fourth-order valence-electron chi connectivity index (χ4n) is 4.10. The lowest BCUT2D eigenvalue weighted by Gasteiger charge is -2.45. The average molecular weight is 343 g/mol. The van der Waals surface area contributed by atoms with Crippen molar-refractivity contribution in [1.29, 1.82) is 0 Å². The molecule has 134 valence electrons. The summed E-state index contributed by atoms with van der Waals surface area (Å²) in [5.41, 5.74) is 2.39. The molecule has 25 heavy (non-hydrogen) atoms. The molecule has 2 aliphatic rings. The summed E-state index contributed by atoms with van der Waals surface area (Å²) in [6.45, 7) is 3.62. The van der Waals surface area contributed by atoms with E-state index >= 15 is 0 Å². The number of ether oxygens (including phenoxy) is 3. The number of likely N-dealkylation sites (tertiary alicyclic amines) is 1. The fourth-order valence-corrected chi connectivity index (χ4v) is 4.10. The molecule has 3 heterocycles. The third-order valence-corrected chi connectivity index (χ3v) is 5.47. The van der Waals surface area contributed by atoms with Crippen LogP contribution in [0.25, 0.3) is 0 Å². The predicted octanol–water partition coefficient (Wildman–Crippen LogP) is 3.36. The van der Waals surface area contributed by atoms with Crippen molar-refractivity contribution in [3.63, 3.8) is 0 Å². The third kappa shape index (κ3) is 3.02. The molecule has 5 heteroatoms. The number of fused-ring (bicyclic) bond motifs is 2. The summed E-state index contributed by atoms with van der Waals surface area (Å²) in [5.74, 6) is 2.60. The summed E-state index contributed by atoms with van der Waals surface area (Å²) in [4.78, 5) is 2.43. The Morgan fingerprint density at radius 3 is 2.56 bits per heavy atom. The van der Waals surface area contributed by atoms with Gasteiger partial charge in [-0.3, -0.25) is 4.90 Å². The number of hydrogen-bond donors (Lipinski definition) is 0. The standard InChI is InChI=1S/C20H25NO4/c1-22-18-12-15-5-11-25-20(17(15)13-19(18)23-2)6-8-21(9-7-20)14-16-4-3-10-24-16/h3-4,10,12-13H,5-9,11,14H2,1-2H3. The summed E-state index contributed by atoms with van der Waals surface area (Å²) < 4.78 is 22.8. The van der Waals surface area contributed by atoms with Crippen LogP contribution in [-0.4, -0.2) is 38.8 Å². The molecule has 0 atom stereocenters. The van der Waals surface area contributed by atoms with Crippen LogP contribution in [-0.2, 0) is 23.3 Å². The maximum Gasteiger partial charge on any atom is 0.161 e.